The maximum Gasteiger partial charge on any atom is 0.160 e. The first-order valence-corrected chi connectivity index (χ1v) is 18.3. The van der Waals surface area contributed by atoms with Gasteiger partial charge in [-0.15, -0.1) is 0 Å². The molecule has 0 unspecified atom stereocenters. The number of rotatable bonds is 5. The van der Waals surface area contributed by atoms with E-state index in [4.69, 9.17) is 9.97 Å². The average molecular weight is 689 g/mol. The van der Waals surface area contributed by atoms with Crippen molar-refractivity contribution in [2.45, 2.75) is 0 Å². The second-order valence-corrected chi connectivity index (χ2v) is 13.8. The molecule has 0 atom stereocenters. The zero-order valence-corrected chi connectivity index (χ0v) is 29.3. The predicted octanol–water partition coefficient (Wildman–Crippen LogP) is 12.8. The van der Waals surface area contributed by atoms with Crippen molar-refractivity contribution in [2.24, 2.45) is 0 Å². The Morgan fingerprint density at radius 3 is 1.70 bits per heavy atom. The van der Waals surface area contributed by atoms with Gasteiger partial charge >= 0.3 is 0 Å². The second kappa shape index (κ2) is 12.1. The zero-order valence-electron chi connectivity index (χ0n) is 29.3. The highest BCUT2D eigenvalue weighted by atomic mass is 15.0. The third-order valence-corrected chi connectivity index (χ3v) is 10.7. The van der Waals surface area contributed by atoms with Crippen LogP contribution < -0.4 is 0 Å². The first-order valence-electron chi connectivity index (χ1n) is 18.3. The van der Waals surface area contributed by atoms with Gasteiger partial charge in [-0.05, 0) is 65.4 Å². The van der Waals surface area contributed by atoms with Gasteiger partial charge in [0.1, 0.15) is 0 Å². The zero-order chi connectivity index (χ0) is 35.6. The minimum Gasteiger partial charge on any atom is -0.309 e. The van der Waals surface area contributed by atoms with E-state index in [0.29, 0.717) is 5.82 Å². The molecule has 0 spiro atoms. The van der Waals surface area contributed by atoms with E-state index in [0.717, 1.165) is 44.8 Å². The molecule has 3 heterocycles. The fraction of sp³-hybridized carbons (Fsp3) is 0. The first kappa shape index (κ1) is 30.3. The molecule has 0 aliphatic carbocycles. The average Bonchev–Trinajstić information content (AvgIpc) is 3.77. The number of para-hydroxylation sites is 3. The molecule has 3 aromatic heterocycles. The molecule has 0 aliphatic rings. The molecule has 0 fully saturated rings. The molecule has 0 N–H and O–H groups in total. The van der Waals surface area contributed by atoms with Crippen LogP contribution in [-0.4, -0.2) is 19.1 Å². The Labute approximate surface area is 311 Å². The van der Waals surface area contributed by atoms with Crippen molar-refractivity contribution in [1.29, 1.82) is 0 Å². The summed E-state index contributed by atoms with van der Waals surface area (Å²) in [5.41, 5.74) is 11.9. The van der Waals surface area contributed by atoms with Gasteiger partial charge in [0.05, 0.1) is 33.5 Å². The SMILES string of the molecule is c1ccc(-c2cc(-c3ccc4ccc(-n5c6ccccc6c6ccc7c(c8ccccc8n7-c7ccccc7)c65)cc4c3)nc(-c3ccccc3)n2)cc1. The lowest BCUT2D eigenvalue weighted by molar-refractivity contribution is 1.17. The second-order valence-electron chi connectivity index (χ2n) is 13.8. The Kier molecular flexibility index (Phi) is 6.82. The Morgan fingerprint density at radius 1 is 0.333 bits per heavy atom. The van der Waals surface area contributed by atoms with Crippen molar-refractivity contribution in [1.82, 2.24) is 19.1 Å². The molecule has 4 heteroatoms. The van der Waals surface area contributed by atoms with Crippen LogP contribution in [0.3, 0.4) is 0 Å². The summed E-state index contributed by atoms with van der Waals surface area (Å²) in [6, 6.07) is 69.0. The fourth-order valence-corrected chi connectivity index (χ4v) is 8.23. The largest absolute Gasteiger partial charge is 0.309 e. The summed E-state index contributed by atoms with van der Waals surface area (Å²) in [6.07, 6.45) is 0. The van der Waals surface area contributed by atoms with Gasteiger partial charge in [-0.1, -0.05) is 140 Å². The van der Waals surface area contributed by atoms with Gasteiger partial charge in [0.2, 0.25) is 0 Å². The molecule has 54 heavy (non-hydrogen) atoms. The van der Waals surface area contributed by atoms with Gasteiger partial charge in [0, 0.05) is 49.6 Å². The number of aromatic nitrogens is 4. The maximum absolute atomic E-state index is 5.13. The molecule has 252 valence electrons. The van der Waals surface area contributed by atoms with Gasteiger partial charge in [-0.25, -0.2) is 9.97 Å². The highest BCUT2D eigenvalue weighted by molar-refractivity contribution is 6.26. The standard InChI is InChI=1S/C50H32N4/c1-4-14-34(15-5-1)43-32-44(52-50(51-43)35-16-6-2-7-17-35)36-25-24-33-26-27-39(31-37(33)30-36)54-45-22-12-10-20-40(45)41-28-29-47-48(49(41)54)42-21-11-13-23-46(42)53(47)38-18-8-3-9-19-38/h1-32H. The van der Waals surface area contributed by atoms with E-state index in [1.807, 2.05) is 24.3 Å². The van der Waals surface area contributed by atoms with Crippen LogP contribution in [0.25, 0.3) is 99.7 Å². The Morgan fingerprint density at radius 2 is 0.944 bits per heavy atom. The molecule has 11 aromatic rings. The molecular formula is C50H32N4. The number of hydrogen-bond acceptors (Lipinski definition) is 2. The summed E-state index contributed by atoms with van der Waals surface area (Å²) in [7, 11) is 0. The molecule has 8 aromatic carbocycles. The number of benzene rings is 8. The number of nitrogens with zero attached hydrogens (tertiary/aromatic N) is 4. The fourth-order valence-electron chi connectivity index (χ4n) is 8.23. The van der Waals surface area contributed by atoms with Crippen LogP contribution in [0, 0.1) is 0 Å². The van der Waals surface area contributed by atoms with Crippen molar-refractivity contribution >= 4 is 54.4 Å². The molecule has 0 aliphatic heterocycles. The quantitative estimate of drug-likeness (QED) is 0.180. The third kappa shape index (κ3) is 4.78. The summed E-state index contributed by atoms with van der Waals surface area (Å²) in [4.78, 5) is 10.2. The van der Waals surface area contributed by atoms with Crippen LogP contribution in [0.15, 0.2) is 194 Å². The first-order chi connectivity index (χ1) is 26.8. The van der Waals surface area contributed by atoms with E-state index in [1.165, 1.54) is 49.0 Å². The van der Waals surface area contributed by atoms with Gasteiger partial charge < -0.3 is 9.13 Å². The third-order valence-electron chi connectivity index (χ3n) is 10.7. The van der Waals surface area contributed by atoms with Gasteiger partial charge in [-0.3, -0.25) is 0 Å². The molecule has 0 amide bonds. The van der Waals surface area contributed by atoms with E-state index in [2.05, 4.69) is 179 Å². The van der Waals surface area contributed by atoms with E-state index < -0.39 is 0 Å². The van der Waals surface area contributed by atoms with Crippen molar-refractivity contribution in [3.05, 3.63) is 194 Å². The lowest BCUT2D eigenvalue weighted by atomic mass is 10.0. The summed E-state index contributed by atoms with van der Waals surface area (Å²) >= 11 is 0. The van der Waals surface area contributed by atoms with Crippen molar-refractivity contribution in [2.75, 3.05) is 0 Å². The Hall–Kier alpha value is -7.30. The monoisotopic (exact) mass is 688 g/mol. The number of hydrogen-bond donors (Lipinski definition) is 0. The van der Waals surface area contributed by atoms with Crippen LogP contribution >= 0.6 is 0 Å². The van der Waals surface area contributed by atoms with E-state index >= 15 is 0 Å². The molecule has 11 rings (SSSR count). The lowest BCUT2D eigenvalue weighted by Gasteiger charge is -2.12. The normalized spacial score (nSPS) is 11.7. The van der Waals surface area contributed by atoms with Gasteiger partial charge in [0.15, 0.2) is 5.82 Å². The molecule has 0 bridgehead atoms. The molecule has 0 saturated heterocycles. The van der Waals surface area contributed by atoms with Crippen LogP contribution in [0.4, 0.5) is 0 Å². The van der Waals surface area contributed by atoms with Crippen LogP contribution in [0.1, 0.15) is 0 Å². The predicted molar refractivity (Wildman–Crippen MR) is 225 cm³/mol. The Bertz CT molecular complexity index is 3140. The Balaban J connectivity index is 1.15. The summed E-state index contributed by atoms with van der Waals surface area (Å²) < 4.78 is 4.86. The highest BCUT2D eigenvalue weighted by Crippen LogP contribution is 2.42. The summed E-state index contributed by atoms with van der Waals surface area (Å²) in [6.45, 7) is 0. The smallest absolute Gasteiger partial charge is 0.160 e. The van der Waals surface area contributed by atoms with Gasteiger partial charge in [0.25, 0.3) is 0 Å². The minimum atomic E-state index is 0.713. The van der Waals surface area contributed by atoms with Gasteiger partial charge in [-0.2, -0.15) is 0 Å². The van der Waals surface area contributed by atoms with Crippen molar-refractivity contribution in [3.8, 4) is 45.3 Å². The van der Waals surface area contributed by atoms with Crippen LogP contribution in [-0.2, 0) is 0 Å². The lowest BCUT2D eigenvalue weighted by Crippen LogP contribution is -1.96. The van der Waals surface area contributed by atoms with Crippen LogP contribution in [0.2, 0.25) is 0 Å². The van der Waals surface area contributed by atoms with E-state index in [-0.39, 0.29) is 0 Å². The van der Waals surface area contributed by atoms with Crippen molar-refractivity contribution in [3.63, 3.8) is 0 Å². The maximum atomic E-state index is 5.13. The molecule has 0 saturated carbocycles. The molecule has 0 radical (unpaired) electrons. The summed E-state index contributed by atoms with van der Waals surface area (Å²) in [5.74, 6) is 0.713. The minimum absolute atomic E-state index is 0.713. The molecular weight excluding hydrogens is 657 g/mol. The van der Waals surface area contributed by atoms with Crippen LogP contribution in [0.5, 0.6) is 0 Å². The number of fused-ring (bicyclic) bond motifs is 8. The highest BCUT2D eigenvalue weighted by Gasteiger charge is 2.21. The van der Waals surface area contributed by atoms with Crippen molar-refractivity contribution < 1.29 is 0 Å². The van der Waals surface area contributed by atoms with E-state index in [1.54, 1.807) is 0 Å². The topological polar surface area (TPSA) is 35.6 Å². The summed E-state index contributed by atoms with van der Waals surface area (Å²) in [5, 5.41) is 7.29. The molecule has 4 nitrogen and oxygen atoms in total. The van der Waals surface area contributed by atoms with E-state index in [9.17, 15) is 0 Å².